The number of hydrogen-bond donors (Lipinski definition) is 0. The average Bonchev–Trinajstić information content (AvgIpc) is 3.14. The van der Waals surface area contributed by atoms with Crippen LogP contribution in [0.5, 0.6) is 5.75 Å². The van der Waals surface area contributed by atoms with Crippen molar-refractivity contribution in [3.63, 3.8) is 0 Å². The molecule has 1 aliphatic rings. The highest BCUT2D eigenvalue weighted by molar-refractivity contribution is 6.07. The molecule has 4 aromatic rings. The van der Waals surface area contributed by atoms with Crippen LogP contribution in [-0.2, 0) is 11.3 Å². The maximum absolute atomic E-state index is 12.5. The van der Waals surface area contributed by atoms with Crippen molar-refractivity contribution < 1.29 is 14.3 Å². The van der Waals surface area contributed by atoms with E-state index in [0.29, 0.717) is 17.0 Å². The lowest BCUT2D eigenvalue weighted by atomic mass is 9.95. The molecule has 4 nitrogen and oxygen atoms in total. The van der Waals surface area contributed by atoms with Gasteiger partial charge in [0.1, 0.15) is 12.4 Å². The number of benzene rings is 3. The quantitative estimate of drug-likeness (QED) is 0.464. The molecular formula is C24H17NO3. The Morgan fingerprint density at radius 3 is 2.54 bits per heavy atom. The van der Waals surface area contributed by atoms with Gasteiger partial charge in [0.05, 0.1) is 29.6 Å². The minimum Gasteiger partial charge on any atom is -0.496 e. The van der Waals surface area contributed by atoms with Gasteiger partial charge < -0.3 is 9.47 Å². The molecule has 28 heavy (non-hydrogen) atoms. The minimum atomic E-state index is -0.341. The molecule has 0 bridgehead atoms. The van der Waals surface area contributed by atoms with Crippen molar-refractivity contribution in [3.8, 4) is 28.3 Å². The van der Waals surface area contributed by atoms with E-state index < -0.39 is 0 Å². The van der Waals surface area contributed by atoms with Gasteiger partial charge in [-0.15, -0.1) is 0 Å². The van der Waals surface area contributed by atoms with Crippen molar-refractivity contribution in [2.24, 2.45) is 0 Å². The van der Waals surface area contributed by atoms with Gasteiger partial charge in [0, 0.05) is 11.1 Å². The maximum atomic E-state index is 12.5. The molecule has 0 amide bonds. The van der Waals surface area contributed by atoms with E-state index in [1.807, 2.05) is 72.8 Å². The van der Waals surface area contributed by atoms with Crippen LogP contribution in [0.1, 0.15) is 15.9 Å². The van der Waals surface area contributed by atoms with Crippen LogP contribution in [0.4, 0.5) is 0 Å². The summed E-state index contributed by atoms with van der Waals surface area (Å²) in [5, 5.41) is 2.05. The molecular weight excluding hydrogens is 350 g/mol. The summed E-state index contributed by atoms with van der Waals surface area (Å²) < 4.78 is 11.0. The Bertz CT molecular complexity index is 1220. The fourth-order valence-corrected chi connectivity index (χ4v) is 3.76. The number of carbonyl (C=O) groups is 1. The molecule has 0 atom stereocenters. The Labute approximate surface area is 162 Å². The van der Waals surface area contributed by atoms with E-state index in [1.165, 1.54) is 0 Å². The van der Waals surface area contributed by atoms with Crippen LogP contribution in [0.25, 0.3) is 33.3 Å². The first-order valence-electron chi connectivity index (χ1n) is 9.09. The highest BCUT2D eigenvalue weighted by Gasteiger charge is 2.30. The predicted octanol–water partition coefficient (Wildman–Crippen LogP) is 5.25. The van der Waals surface area contributed by atoms with E-state index in [-0.39, 0.29) is 12.6 Å². The Hall–Kier alpha value is -3.66. The van der Waals surface area contributed by atoms with Gasteiger partial charge in [-0.1, -0.05) is 60.7 Å². The van der Waals surface area contributed by atoms with Crippen LogP contribution >= 0.6 is 0 Å². The first kappa shape index (κ1) is 16.5. The molecule has 136 valence electrons. The summed E-state index contributed by atoms with van der Waals surface area (Å²) in [4.78, 5) is 17.5. The van der Waals surface area contributed by atoms with Gasteiger partial charge in [-0.05, 0) is 22.9 Å². The van der Waals surface area contributed by atoms with Crippen LogP contribution in [-0.4, -0.2) is 18.1 Å². The molecule has 0 saturated heterocycles. The molecule has 0 saturated carbocycles. The Morgan fingerprint density at radius 2 is 1.71 bits per heavy atom. The van der Waals surface area contributed by atoms with E-state index in [4.69, 9.17) is 14.5 Å². The van der Waals surface area contributed by atoms with E-state index in [2.05, 4.69) is 0 Å². The van der Waals surface area contributed by atoms with Crippen LogP contribution in [0.3, 0.4) is 0 Å². The fourth-order valence-electron chi connectivity index (χ4n) is 3.76. The van der Waals surface area contributed by atoms with Gasteiger partial charge in [-0.2, -0.15) is 0 Å². The first-order chi connectivity index (χ1) is 13.8. The van der Waals surface area contributed by atoms with Gasteiger partial charge >= 0.3 is 5.97 Å². The van der Waals surface area contributed by atoms with Gasteiger partial charge in [0.15, 0.2) is 0 Å². The predicted molar refractivity (Wildman–Crippen MR) is 108 cm³/mol. The summed E-state index contributed by atoms with van der Waals surface area (Å²) >= 11 is 0. The zero-order valence-electron chi connectivity index (χ0n) is 15.3. The number of carbonyl (C=O) groups excluding carboxylic acids is 1. The topological polar surface area (TPSA) is 48.4 Å². The molecule has 0 N–H and O–H groups in total. The highest BCUT2D eigenvalue weighted by atomic mass is 16.5. The molecule has 1 aromatic heterocycles. The number of pyridine rings is 1. The smallest absolute Gasteiger partial charge is 0.341 e. The molecule has 3 aromatic carbocycles. The number of ether oxygens (including phenoxy) is 2. The lowest BCUT2D eigenvalue weighted by molar-refractivity contribution is 0.0535. The van der Waals surface area contributed by atoms with E-state index in [1.54, 1.807) is 7.11 Å². The first-order valence-corrected chi connectivity index (χ1v) is 9.09. The number of methoxy groups -OCH3 is 1. The third-order valence-electron chi connectivity index (χ3n) is 5.08. The van der Waals surface area contributed by atoms with Gasteiger partial charge in [0.2, 0.25) is 0 Å². The van der Waals surface area contributed by atoms with Crippen molar-refractivity contribution in [1.82, 2.24) is 4.98 Å². The summed E-state index contributed by atoms with van der Waals surface area (Å²) in [7, 11) is 1.63. The fraction of sp³-hybridized carbons (Fsp3) is 0.0833. The molecule has 0 radical (unpaired) electrons. The van der Waals surface area contributed by atoms with Gasteiger partial charge in [-0.3, -0.25) is 0 Å². The lowest BCUT2D eigenvalue weighted by Crippen LogP contribution is -2.03. The van der Waals surface area contributed by atoms with Crippen molar-refractivity contribution in [2.45, 2.75) is 6.61 Å². The van der Waals surface area contributed by atoms with Crippen LogP contribution in [0.15, 0.2) is 72.8 Å². The Morgan fingerprint density at radius 1 is 0.929 bits per heavy atom. The van der Waals surface area contributed by atoms with Crippen molar-refractivity contribution >= 4 is 16.7 Å². The Kier molecular flexibility index (Phi) is 3.83. The van der Waals surface area contributed by atoms with E-state index >= 15 is 0 Å². The summed E-state index contributed by atoms with van der Waals surface area (Å²) in [6.45, 7) is 0.261. The maximum Gasteiger partial charge on any atom is 0.341 e. The molecule has 0 spiro atoms. The van der Waals surface area contributed by atoms with Crippen LogP contribution in [0, 0.1) is 0 Å². The standard InChI is InChI=1S/C24H17NO3/c1-27-20-12-11-15-7-5-6-10-18(15)22(20)23-21-17(14-28-24(21)26)13-19(25-23)16-8-3-2-4-9-16/h2-13H,14H2,1H3. The number of fused-ring (bicyclic) bond motifs is 2. The summed E-state index contributed by atoms with van der Waals surface area (Å²) in [5.41, 5.74) is 4.59. The number of esters is 1. The molecule has 5 rings (SSSR count). The summed E-state index contributed by atoms with van der Waals surface area (Å²) in [6.07, 6.45) is 0. The number of rotatable bonds is 3. The average molecular weight is 367 g/mol. The third-order valence-corrected chi connectivity index (χ3v) is 5.08. The second-order valence-corrected chi connectivity index (χ2v) is 6.70. The third kappa shape index (κ3) is 2.54. The van der Waals surface area contributed by atoms with Gasteiger partial charge in [0.25, 0.3) is 0 Å². The van der Waals surface area contributed by atoms with Crippen molar-refractivity contribution in [2.75, 3.05) is 7.11 Å². The van der Waals surface area contributed by atoms with Crippen LogP contribution < -0.4 is 4.74 Å². The molecule has 4 heteroatoms. The second kappa shape index (κ2) is 6.50. The number of hydrogen-bond acceptors (Lipinski definition) is 4. The summed E-state index contributed by atoms with van der Waals surface area (Å²) in [5.74, 6) is 0.338. The molecule has 2 heterocycles. The number of cyclic esters (lactones) is 1. The molecule has 0 fully saturated rings. The number of aromatic nitrogens is 1. The zero-order chi connectivity index (χ0) is 19.1. The van der Waals surface area contributed by atoms with Crippen molar-refractivity contribution in [1.29, 1.82) is 0 Å². The molecule has 0 aliphatic carbocycles. The molecule has 0 unspecified atom stereocenters. The zero-order valence-corrected chi connectivity index (χ0v) is 15.3. The second-order valence-electron chi connectivity index (χ2n) is 6.70. The SMILES string of the molecule is COc1ccc2ccccc2c1-c1nc(-c2ccccc2)cc2c1C(=O)OC2. The van der Waals surface area contributed by atoms with E-state index in [9.17, 15) is 4.79 Å². The Balaban J connectivity index is 1.87. The summed E-state index contributed by atoms with van der Waals surface area (Å²) in [6, 6.07) is 23.8. The molecule has 1 aliphatic heterocycles. The minimum absolute atomic E-state index is 0.261. The monoisotopic (exact) mass is 367 g/mol. The van der Waals surface area contributed by atoms with Crippen LogP contribution in [0.2, 0.25) is 0 Å². The van der Waals surface area contributed by atoms with Gasteiger partial charge in [-0.25, -0.2) is 9.78 Å². The number of nitrogens with zero attached hydrogens (tertiary/aromatic N) is 1. The highest BCUT2D eigenvalue weighted by Crippen LogP contribution is 2.41. The van der Waals surface area contributed by atoms with E-state index in [0.717, 1.165) is 33.2 Å². The largest absolute Gasteiger partial charge is 0.496 e. The lowest BCUT2D eigenvalue weighted by Gasteiger charge is -2.15. The van der Waals surface area contributed by atoms with Crippen molar-refractivity contribution in [3.05, 3.63) is 83.9 Å². The normalized spacial score (nSPS) is 12.7.